The lowest BCUT2D eigenvalue weighted by molar-refractivity contribution is 0.0473. The number of nitrogens with zero attached hydrogens (tertiary/aromatic N) is 1. The third kappa shape index (κ3) is 4.30. The van der Waals surface area contributed by atoms with Gasteiger partial charge in [0.1, 0.15) is 18.1 Å². The molecule has 9 heteroatoms. The number of benzene rings is 2. The van der Waals surface area contributed by atoms with Crippen molar-refractivity contribution in [1.29, 1.82) is 0 Å². The maximum atomic E-state index is 13.5. The van der Waals surface area contributed by atoms with Crippen LogP contribution in [-0.4, -0.2) is 36.4 Å². The van der Waals surface area contributed by atoms with Crippen LogP contribution in [0.3, 0.4) is 0 Å². The molecule has 1 aliphatic carbocycles. The van der Waals surface area contributed by atoms with Crippen LogP contribution in [-0.2, 0) is 20.7 Å². The second-order valence-electron chi connectivity index (χ2n) is 9.18. The highest BCUT2D eigenvalue weighted by atomic mass is 19.3. The summed E-state index contributed by atoms with van der Waals surface area (Å²) in [5.74, 6) is -0.346. The number of carbonyl (C=O) groups excluding carboxylic acids is 1. The van der Waals surface area contributed by atoms with Crippen LogP contribution in [0.4, 0.5) is 8.78 Å². The molecule has 1 saturated heterocycles. The molecule has 1 saturated carbocycles. The number of esters is 1. The molecule has 35 heavy (non-hydrogen) atoms. The lowest BCUT2D eigenvalue weighted by Gasteiger charge is -2.17. The molecule has 180 valence electrons. The molecule has 2 heterocycles. The Labute approximate surface area is 202 Å². The van der Waals surface area contributed by atoms with Crippen molar-refractivity contribution in [2.75, 3.05) is 7.11 Å². The van der Waals surface area contributed by atoms with E-state index in [2.05, 4.69) is 4.98 Å². The summed E-state index contributed by atoms with van der Waals surface area (Å²) in [6.45, 7) is 4.05. The quantitative estimate of drug-likeness (QED) is 0.361. The number of fused-ring (bicyclic) bond motifs is 1. The molecule has 2 unspecified atom stereocenters. The minimum Gasteiger partial charge on any atom is -0.494 e. The minimum atomic E-state index is -2.79. The fourth-order valence-corrected chi connectivity index (χ4v) is 4.43. The van der Waals surface area contributed by atoms with Gasteiger partial charge in [0.2, 0.25) is 0 Å². The number of ether oxygens (including phenoxy) is 2. The Bertz CT molecular complexity index is 1260. The third-order valence-electron chi connectivity index (χ3n) is 6.77. The standard InChI is InChI=1S/C26H24BF2NO5/c1-25-15-26(25,2)35-27(34-25)17-9-10-18(24(31)33-14-16-7-5-4-6-8-16)19(11-17)20-12-21(23(28)29)30-13-22(20)32-3/h4-13,23H,14-15H2,1-3H3. The Morgan fingerprint density at radius 3 is 2.46 bits per heavy atom. The Morgan fingerprint density at radius 2 is 1.80 bits per heavy atom. The van der Waals surface area contributed by atoms with Crippen molar-refractivity contribution in [2.45, 2.75) is 44.5 Å². The van der Waals surface area contributed by atoms with E-state index in [1.54, 1.807) is 18.2 Å². The average molecular weight is 479 g/mol. The molecule has 0 spiro atoms. The fraction of sp³-hybridized carbons (Fsp3) is 0.308. The number of carbonyl (C=O) groups is 1. The zero-order chi connectivity index (χ0) is 24.8. The third-order valence-corrected chi connectivity index (χ3v) is 6.77. The zero-order valence-electron chi connectivity index (χ0n) is 19.6. The van der Waals surface area contributed by atoms with Crippen molar-refractivity contribution >= 4 is 18.6 Å². The summed E-state index contributed by atoms with van der Waals surface area (Å²) in [5, 5.41) is 0. The first-order valence-corrected chi connectivity index (χ1v) is 11.3. The number of aromatic nitrogens is 1. The van der Waals surface area contributed by atoms with E-state index < -0.39 is 25.2 Å². The van der Waals surface area contributed by atoms with Gasteiger partial charge in [-0.1, -0.05) is 42.5 Å². The van der Waals surface area contributed by atoms with Gasteiger partial charge in [-0.05, 0) is 42.6 Å². The number of rotatable bonds is 7. The zero-order valence-corrected chi connectivity index (χ0v) is 19.6. The van der Waals surface area contributed by atoms with Gasteiger partial charge in [-0.3, -0.25) is 4.98 Å². The van der Waals surface area contributed by atoms with Gasteiger partial charge in [0, 0.05) is 12.0 Å². The van der Waals surface area contributed by atoms with Crippen molar-refractivity contribution in [3.05, 3.63) is 77.6 Å². The van der Waals surface area contributed by atoms with Crippen molar-refractivity contribution in [3.63, 3.8) is 0 Å². The normalized spacial score (nSPS) is 22.7. The average Bonchev–Trinajstić information content (AvgIpc) is 3.29. The first kappa shape index (κ1) is 23.4. The summed E-state index contributed by atoms with van der Waals surface area (Å²) in [4.78, 5) is 16.9. The Morgan fingerprint density at radius 1 is 1.09 bits per heavy atom. The molecule has 0 bridgehead atoms. The van der Waals surface area contributed by atoms with E-state index in [1.807, 2.05) is 44.2 Å². The van der Waals surface area contributed by atoms with Gasteiger partial charge in [-0.2, -0.15) is 0 Å². The van der Waals surface area contributed by atoms with Crippen molar-refractivity contribution in [3.8, 4) is 16.9 Å². The second-order valence-corrected chi connectivity index (χ2v) is 9.18. The number of methoxy groups -OCH3 is 1. The minimum absolute atomic E-state index is 0.0716. The molecule has 5 rings (SSSR count). The van der Waals surface area contributed by atoms with Crippen LogP contribution >= 0.6 is 0 Å². The first-order valence-electron chi connectivity index (χ1n) is 11.3. The topological polar surface area (TPSA) is 66.9 Å². The van der Waals surface area contributed by atoms with Crippen molar-refractivity contribution < 1.29 is 32.4 Å². The Hall–Kier alpha value is -3.30. The first-order chi connectivity index (χ1) is 16.7. The van der Waals surface area contributed by atoms with E-state index in [0.29, 0.717) is 16.6 Å². The molecule has 6 nitrogen and oxygen atoms in total. The SMILES string of the molecule is COc1cnc(C(F)F)cc1-c1cc(B2OC3(C)CC3(C)O2)ccc1C(=O)OCc1ccccc1. The molecular formula is C26H24BF2NO5. The molecule has 0 N–H and O–H groups in total. The van der Waals surface area contributed by atoms with E-state index in [-0.39, 0.29) is 29.1 Å². The highest BCUT2D eigenvalue weighted by Gasteiger charge is 2.71. The van der Waals surface area contributed by atoms with Gasteiger partial charge in [-0.15, -0.1) is 0 Å². The molecule has 2 aromatic carbocycles. The maximum Gasteiger partial charge on any atom is 0.494 e. The lowest BCUT2D eigenvalue weighted by atomic mass is 9.76. The molecule has 0 amide bonds. The highest BCUT2D eigenvalue weighted by molar-refractivity contribution is 6.62. The highest BCUT2D eigenvalue weighted by Crippen LogP contribution is 2.58. The molecule has 3 aromatic rings. The number of alkyl halides is 2. The monoisotopic (exact) mass is 479 g/mol. The number of pyridine rings is 1. The van der Waals surface area contributed by atoms with Crippen LogP contribution in [0, 0.1) is 0 Å². The lowest BCUT2D eigenvalue weighted by Crippen LogP contribution is -2.36. The van der Waals surface area contributed by atoms with E-state index >= 15 is 0 Å². The van der Waals surface area contributed by atoms with E-state index in [4.69, 9.17) is 18.8 Å². The number of hydrogen-bond acceptors (Lipinski definition) is 6. The van der Waals surface area contributed by atoms with Gasteiger partial charge in [0.05, 0.1) is 30.1 Å². The number of hydrogen-bond donors (Lipinski definition) is 0. The van der Waals surface area contributed by atoms with Crippen LogP contribution in [0.15, 0.2) is 60.8 Å². The van der Waals surface area contributed by atoms with E-state index in [0.717, 1.165) is 12.0 Å². The molecule has 2 fully saturated rings. The van der Waals surface area contributed by atoms with Crippen LogP contribution in [0.5, 0.6) is 5.75 Å². The molecule has 2 atom stereocenters. The molecule has 1 aromatic heterocycles. The summed E-state index contributed by atoms with van der Waals surface area (Å²) in [6.07, 6.45) is -0.768. The van der Waals surface area contributed by atoms with Gasteiger partial charge in [0.15, 0.2) is 0 Å². The van der Waals surface area contributed by atoms with E-state index in [1.165, 1.54) is 19.4 Å². The van der Waals surface area contributed by atoms with Crippen LogP contribution in [0.2, 0.25) is 0 Å². The Kier molecular flexibility index (Phi) is 5.85. The Balaban J connectivity index is 1.54. The molecule has 0 radical (unpaired) electrons. The van der Waals surface area contributed by atoms with Crippen LogP contribution in [0.25, 0.3) is 11.1 Å². The van der Waals surface area contributed by atoms with Crippen molar-refractivity contribution in [2.24, 2.45) is 0 Å². The summed E-state index contributed by atoms with van der Waals surface area (Å²) in [6, 6.07) is 15.5. The predicted octanol–water partition coefficient (Wildman–Crippen LogP) is 4.71. The van der Waals surface area contributed by atoms with Gasteiger partial charge in [-0.25, -0.2) is 13.6 Å². The van der Waals surface area contributed by atoms with Crippen LogP contribution in [0.1, 0.15) is 48.3 Å². The van der Waals surface area contributed by atoms with Crippen LogP contribution < -0.4 is 10.2 Å². The maximum absolute atomic E-state index is 13.5. The second kappa shape index (κ2) is 8.73. The molecular weight excluding hydrogens is 455 g/mol. The van der Waals surface area contributed by atoms with E-state index in [9.17, 15) is 13.6 Å². The summed E-state index contributed by atoms with van der Waals surface area (Å²) >= 11 is 0. The van der Waals surface area contributed by atoms with Crippen molar-refractivity contribution in [1.82, 2.24) is 4.98 Å². The fourth-order valence-electron chi connectivity index (χ4n) is 4.43. The molecule has 1 aliphatic heterocycles. The summed E-state index contributed by atoms with van der Waals surface area (Å²) < 4.78 is 50.2. The van der Waals surface area contributed by atoms with Gasteiger partial charge >= 0.3 is 13.1 Å². The van der Waals surface area contributed by atoms with Gasteiger partial charge < -0.3 is 18.8 Å². The largest absolute Gasteiger partial charge is 0.494 e. The molecule has 2 aliphatic rings. The summed E-state index contributed by atoms with van der Waals surface area (Å²) in [7, 11) is 0.771. The smallest absolute Gasteiger partial charge is 0.494 e. The predicted molar refractivity (Wildman–Crippen MR) is 126 cm³/mol. The number of halogens is 2. The van der Waals surface area contributed by atoms with Gasteiger partial charge in [0.25, 0.3) is 6.43 Å². The summed E-state index contributed by atoms with van der Waals surface area (Å²) in [5.41, 5.74) is 1.18.